The second-order valence-electron chi connectivity index (χ2n) is 4.79. The van der Waals surface area contributed by atoms with Crippen molar-refractivity contribution in [2.45, 2.75) is 6.92 Å². The van der Waals surface area contributed by atoms with Crippen molar-refractivity contribution in [3.05, 3.63) is 60.3 Å². The van der Waals surface area contributed by atoms with Crippen molar-refractivity contribution in [2.24, 2.45) is 0 Å². The normalized spacial score (nSPS) is 10.5. The first kappa shape index (κ1) is 12.5. The van der Waals surface area contributed by atoms with Crippen LogP contribution in [0.5, 0.6) is 0 Å². The second-order valence-corrected chi connectivity index (χ2v) is 4.79. The molecule has 0 bridgehead atoms. The number of rotatable bonds is 3. The third-order valence-corrected chi connectivity index (χ3v) is 3.44. The molecule has 3 aromatic rings. The predicted molar refractivity (Wildman–Crippen MR) is 83.7 cm³/mol. The molecule has 2 N–H and O–H groups in total. The van der Waals surface area contributed by atoms with E-state index in [1.54, 1.807) is 0 Å². The lowest BCUT2D eigenvalue weighted by Crippen LogP contribution is -1.88. The van der Waals surface area contributed by atoms with Crippen LogP contribution in [0.3, 0.4) is 0 Å². The van der Waals surface area contributed by atoms with Gasteiger partial charge in [-0.25, -0.2) is 4.98 Å². The van der Waals surface area contributed by atoms with E-state index in [-0.39, 0.29) is 0 Å². The molecule has 100 valence electrons. The van der Waals surface area contributed by atoms with E-state index >= 15 is 0 Å². The van der Waals surface area contributed by atoms with Gasteiger partial charge < -0.3 is 10.3 Å². The number of nitrogens with zero attached hydrogens (tertiary/aromatic N) is 1. The molecule has 0 atom stereocenters. The molecule has 0 aliphatic carbocycles. The molecule has 3 heteroatoms. The zero-order chi connectivity index (χ0) is 13.9. The Morgan fingerprint density at radius 3 is 2.70 bits per heavy atom. The van der Waals surface area contributed by atoms with E-state index in [1.807, 2.05) is 37.5 Å². The molecule has 20 heavy (non-hydrogen) atoms. The van der Waals surface area contributed by atoms with E-state index in [4.69, 9.17) is 0 Å². The molecule has 0 aliphatic rings. The third kappa shape index (κ3) is 2.30. The molecule has 3 nitrogen and oxygen atoms in total. The van der Waals surface area contributed by atoms with Gasteiger partial charge in [-0.3, -0.25) is 0 Å². The maximum Gasteiger partial charge on any atom is 0.137 e. The molecule has 0 saturated carbocycles. The number of aryl methyl sites for hydroxylation is 1. The summed E-state index contributed by atoms with van der Waals surface area (Å²) in [5.41, 5.74) is 5.64. The summed E-state index contributed by atoms with van der Waals surface area (Å²) in [6.07, 6.45) is 1.89. The van der Waals surface area contributed by atoms with Gasteiger partial charge in [-0.2, -0.15) is 0 Å². The summed E-state index contributed by atoms with van der Waals surface area (Å²) in [5.74, 6) is 0.889. The Hall–Kier alpha value is -2.55. The molecule has 0 spiro atoms. The number of benzene rings is 2. The Balaban J connectivity index is 2.00. The van der Waals surface area contributed by atoms with Crippen molar-refractivity contribution in [3.63, 3.8) is 0 Å². The van der Waals surface area contributed by atoms with E-state index in [9.17, 15) is 0 Å². The van der Waals surface area contributed by atoms with Crippen molar-refractivity contribution >= 4 is 5.69 Å². The first-order chi connectivity index (χ1) is 9.78. The fraction of sp³-hybridized carbons (Fsp3) is 0.118. The van der Waals surface area contributed by atoms with Gasteiger partial charge in [0.05, 0.1) is 11.9 Å². The molecule has 0 fully saturated rings. The van der Waals surface area contributed by atoms with Gasteiger partial charge in [0.2, 0.25) is 0 Å². The van der Waals surface area contributed by atoms with Gasteiger partial charge in [0, 0.05) is 23.9 Å². The first-order valence-electron chi connectivity index (χ1n) is 6.67. The highest BCUT2D eigenvalue weighted by atomic mass is 14.9. The van der Waals surface area contributed by atoms with Crippen LogP contribution in [0.25, 0.3) is 22.6 Å². The van der Waals surface area contributed by atoms with Crippen molar-refractivity contribution in [3.8, 4) is 22.6 Å². The molecular formula is C17H17N3. The van der Waals surface area contributed by atoms with E-state index in [0.717, 1.165) is 22.8 Å². The summed E-state index contributed by atoms with van der Waals surface area (Å²) in [6, 6.07) is 16.5. The van der Waals surface area contributed by atoms with Crippen LogP contribution in [0.1, 0.15) is 5.56 Å². The van der Waals surface area contributed by atoms with E-state index in [2.05, 4.69) is 46.5 Å². The van der Waals surface area contributed by atoms with Crippen molar-refractivity contribution < 1.29 is 0 Å². The average molecular weight is 263 g/mol. The molecule has 0 aliphatic heterocycles. The quantitative estimate of drug-likeness (QED) is 0.747. The number of hydrogen-bond donors (Lipinski definition) is 2. The summed E-state index contributed by atoms with van der Waals surface area (Å²) in [5, 5.41) is 3.14. The molecule has 1 aromatic heterocycles. The van der Waals surface area contributed by atoms with E-state index in [1.165, 1.54) is 11.1 Å². The van der Waals surface area contributed by atoms with Gasteiger partial charge in [0.15, 0.2) is 0 Å². The van der Waals surface area contributed by atoms with Crippen LogP contribution < -0.4 is 5.32 Å². The van der Waals surface area contributed by atoms with Crippen LogP contribution in [0, 0.1) is 6.92 Å². The number of H-pyrrole nitrogens is 1. The van der Waals surface area contributed by atoms with Crippen molar-refractivity contribution in [1.82, 2.24) is 9.97 Å². The number of nitrogens with one attached hydrogen (secondary N) is 2. The van der Waals surface area contributed by atoms with Gasteiger partial charge in [0.25, 0.3) is 0 Å². The number of imidazole rings is 1. The zero-order valence-corrected chi connectivity index (χ0v) is 11.6. The first-order valence-corrected chi connectivity index (χ1v) is 6.67. The zero-order valence-electron chi connectivity index (χ0n) is 11.6. The maximum atomic E-state index is 4.50. The van der Waals surface area contributed by atoms with Gasteiger partial charge in [-0.1, -0.05) is 36.4 Å². The van der Waals surface area contributed by atoms with Crippen LogP contribution in [0.2, 0.25) is 0 Å². The minimum atomic E-state index is 0.889. The topological polar surface area (TPSA) is 40.7 Å². The Morgan fingerprint density at radius 2 is 1.90 bits per heavy atom. The summed E-state index contributed by atoms with van der Waals surface area (Å²) < 4.78 is 0. The Bertz CT molecular complexity index is 728. The largest absolute Gasteiger partial charge is 0.388 e. The minimum Gasteiger partial charge on any atom is -0.388 e. The molecule has 1 heterocycles. The predicted octanol–water partition coefficient (Wildman–Crippen LogP) is 4.09. The fourth-order valence-electron chi connectivity index (χ4n) is 2.30. The molecule has 0 radical (unpaired) electrons. The molecule has 0 amide bonds. The highest BCUT2D eigenvalue weighted by Gasteiger charge is 2.07. The van der Waals surface area contributed by atoms with Crippen LogP contribution in [-0.2, 0) is 0 Å². The lowest BCUT2D eigenvalue weighted by molar-refractivity contribution is 1.30. The molecular weight excluding hydrogens is 246 g/mol. The summed E-state index contributed by atoms with van der Waals surface area (Å²) >= 11 is 0. The van der Waals surface area contributed by atoms with Crippen molar-refractivity contribution in [2.75, 3.05) is 12.4 Å². The molecule has 2 aromatic carbocycles. The number of aromatic amines is 1. The fourth-order valence-corrected chi connectivity index (χ4v) is 2.30. The standard InChI is InChI=1S/C17H17N3/c1-12-6-3-4-9-15(12)16-11-19-17(20-16)13-7-5-8-14(10-13)18-2/h3-11,18H,1-2H3,(H,19,20). The Labute approximate surface area is 118 Å². The Kier molecular flexibility index (Phi) is 3.25. The lowest BCUT2D eigenvalue weighted by Gasteiger charge is -2.03. The van der Waals surface area contributed by atoms with Gasteiger partial charge >= 0.3 is 0 Å². The summed E-state index contributed by atoms with van der Waals surface area (Å²) in [4.78, 5) is 7.90. The number of anilines is 1. The van der Waals surface area contributed by atoms with Gasteiger partial charge in [-0.15, -0.1) is 0 Å². The van der Waals surface area contributed by atoms with Crippen LogP contribution in [0.4, 0.5) is 5.69 Å². The van der Waals surface area contributed by atoms with Crippen LogP contribution >= 0.6 is 0 Å². The smallest absolute Gasteiger partial charge is 0.137 e. The third-order valence-electron chi connectivity index (χ3n) is 3.44. The lowest BCUT2D eigenvalue weighted by atomic mass is 10.1. The number of hydrogen-bond acceptors (Lipinski definition) is 2. The van der Waals surface area contributed by atoms with Crippen molar-refractivity contribution in [1.29, 1.82) is 0 Å². The monoisotopic (exact) mass is 263 g/mol. The highest BCUT2D eigenvalue weighted by Crippen LogP contribution is 2.25. The van der Waals surface area contributed by atoms with Gasteiger partial charge in [0.1, 0.15) is 5.82 Å². The second kappa shape index (κ2) is 5.21. The summed E-state index contributed by atoms with van der Waals surface area (Å²) in [7, 11) is 1.92. The van der Waals surface area contributed by atoms with Crippen LogP contribution in [-0.4, -0.2) is 17.0 Å². The molecule has 0 unspecified atom stereocenters. The van der Waals surface area contributed by atoms with Crippen LogP contribution in [0.15, 0.2) is 54.7 Å². The van der Waals surface area contributed by atoms with E-state index in [0.29, 0.717) is 0 Å². The minimum absolute atomic E-state index is 0.889. The highest BCUT2D eigenvalue weighted by molar-refractivity contribution is 5.68. The van der Waals surface area contributed by atoms with E-state index < -0.39 is 0 Å². The van der Waals surface area contributed by atoms with Gasteiger partial charge in [-0.05, 0) is 24.6 Å². The SMILES string of the molecule is CNc1cccc(-c2ncc(-c3ccccc3C)[nH]2)c1. The number of aromatic nitrogens is 2. The molecule has 3 rings (SSSR count). The average Bonchev–Trinajstić information content (AvgIpc) is 2.97. The molecule has 0 saturated heterocycles. The Morgan fingerprint density at radius 1 is 1.05 bits per heavy atom. The summed E-state index contributed by atoms with van der Waals surface area (Å²) in [6.45, 7) is 2.11. The maximum absolute atomic E-state index is 4.50.